The fourth-order valence-corrected chi connectivity index (χ4v) is 0.431. The van der Waals surface area contributed by atoms with Gasteiger partial charge in [0, 0.05) is 20.8 Å². The van der Waals surface area contributed by atoms with Crippen LogP contribution in [0.5, 0.6) is 0 Å². The fraction of sp³-hybridized carbons (Fsp3) is 0.333. The molecule has 0 saturated heterocycles. The number of nitrogens with one attached hydrogen (secondary N) is 3. The molecule has 0 fully saturated rings. The average Bonchev–Trinajstić information content (AvgIpc) is 2.10. The van der Waals surface area contributed by atoms with Gasteiger partial charge in [0.2, 0.25) is 17.7 Å². The second kappa shape index (κ2) is 16.4. The van der Waals surface area contributed by atoms with E-state index in [1.165, 1.54) is 16.0 Å². The molecule has 0 aromatic heterocycles. The molecular formula is C9H12AlN3O9. The topological polar surface area (TPSA) is 208 Å². The molecule has 120 valence electrons. The Labute approximate surface area is 135 Å². The van der Waals surface area contributed by atoms with Crippen LogP contribution in [-0.2, 0) is 14.4 Å². The summed E-state index contributed by atoms with van der Waals surface area (Å²) in [6.07, 6.45) is -4.69. The molecule has 0 rings (SSSR count). The summed E-state index contributed by atoms with van der Waals surface area (Å²) in [6, 6.07) is 0. The average molecular weight is 333 g/mol. The van der Waals surface area contributed by atoms with E-state index in [9.17, 15) is 44.1 Å². The van der Waals surface area contributed by atoms with Crippen molar-refractivity contribution < 1.29 is 44.1 Å². The van der Waals surface area contributed by atoms with Crippen molar-refractivity contribution in [2.75, 3.05) is 0 Å². The molecule has 0 aliphatic heterocycles. The van der Waals surface area contributed by atoms with Crippen LogP contribution in [0.2, 0.25) is 0 Å². The van der Waals surface area contributed by atoms with Crippen LogP contribution < -0.4 is 31.3 Å². The first-order valence-corrected chi connectivity index (χ1v) is 4.84. The molecule has 0 spiro atoms. The maximum absolute atomic E-state index is 9.72. The van der Waals surface area contributed by atoms with Crippen molar-refractivity contribution in [1.29, 1.82) is 0 Å². The Hall–Kier alpha value is -2.65. The summed E-state index contributed by atoms with van der Waals surface area (Å²) in [5, 5.41) is 32.5. The van der Waals surface area contributed by atoms with Gasteiger partial charge in [0.1, 0.15) is 18.3 Å². The molecule has 6 amide bonds. The fourth-order valence-electron chi connectivity index (χ4n) is 0.431. The van der Waals surface area contributed by atoms with Crippen LogP contribution in [-0.4, -0.2) is 53.4 Å². The van der Waals surface area contributed by atoms with E-state index in [4.69, 9.17) is 0 Å². The molecule has 0 radical (unpaired) electrons. The summed E-state index contributed by atoms with van der Waals surface area (Å²) in [7, 11) is 0. The predicted octanol–water partition coefficient (Wildman–Crippen LogP) is -4.98. The van der Waals surface area contributed by atoms with E-state index in [0.29, 0.717) is 0 Å². The Kier molecular flexibility index (Phi) is 20.6. The number of rotatable bonds is 0. The van der Waals surface area contributed by atoms with Gasteiger partial charge in [-0.3, -0.25) is 14.4 Å². The van der Waals surface area contributed by atoms with E-state index in [1.54, 1.807) is 0 Å². The van der Waals surface area contributed by atoms with Gasteiger partial charge in [-0.1, -0.05) is 0 Å². The normalized spacial score (nSPS) is 7.23. The number of amides is 6. The van der Waals surface area contributed by atoms with Crippen molar-refractivity contribution in [1.82, 2.24) is 16.0 Å². The molecule has 0 aliphatic carbocycles. The Morgan fingerprint density at radius 3 is 0.682 bits per heavy atom. The molecule has 0 heterocycles. The Morgan fingerprint density at radius 1 is 0.545 bits per heavy atom. The predicted molar refractivity (Wildman–Crippen MR) is 63.4 cm³/mol. The van der Waals surface area contributed by atoms with Gasteiger partial charge in [-0.15, -0.1) is 0 Å². The molecular weight excluding hydrogens is 321 g/mol. The number of hydrogen-bond donors (Lipinski definition) is 3. The minimum Gasteiger partial charge on any atom is -0.530 e. The van der Waals surface area contributed by atoms with Crippen LogP contribution >= 0.6 is 0 Å². The Balaban J connectivity index is -0.000000108. The molecule has 0 aromatic rings. The Bertz CT molecular complexity index is 327. The van der Waals surface area contributed by atoms with Gasteiger partial charge in [0.25, 0.3) is 0 Å². The molecule has 12 nitrogen and oxygen atoms in total. The molecule has 0 unspecified atom stereocenters. The number of carbonyl (C=O) groups is 6. The van der Waals surface area contributed by atoms with Crippen molar-refractivity contribution in [3.05, 3.63) is 0 Å². The van der Waals surface area contributed by atoms with Gasteiger partial charge in [-0.05, 0) is 0 Å². The van der Waals surface area contributed by atoms with E-state index in [1.807, 2.05) is 0 Å². The standard InChI is InChI=1S/3C3H5NO3.Al/c3*1-2(5)4-3(6)7;/h3*1H3,(H,4,5)(H,6,7);/q;;;+3/p-3. The van der Waals surface area contributed by atoms with E-state index in [-0.39, 0.29) is 17.4 Å². The third-order valence-electron chi connectivity index (χ3n) is 0.834. The van der Waals surface area contributed by atoms with Gasteiger partial charge in [-0.2, -0.15) is 0 Å². The second-order valence-corrected chi connectivity index (χ2v) is 2.91. The van der Waals surface area contributed by atoms with Gasteiger partial charge in [-0.25, -0.2) is 0 Å². The third-order valence-corrected chi connectivity index (χ3v) is 0.834. The van der Waals surface area contributed by atoms with Gasteiger partial charge < -0.3 is 45.7 Å². The van der Waals surface area contributed by atoms with Crippen LogP contribution in [0.15, 0.2) is 0 Å². The SMILES string of the molecule is CC(=O)NC(=O)[O-].CC(=O)NC(=O)[O-].CC(=O)NC(=O)[O-].[Al+3]. The summed E-state index contributed by atoms with van der Waals surface area (Å²) >= 11 is 0. The van der Waals surface area contributed by atoms with Gasteiger partial charge in [0.05, 0.1) is 0 Å². The first-order chi connectivity index (χ1) is 9.38. The minimum atomic E-state index is -1.56. The van der Waals surface area contributed by atoms with Crippen LogP contribution in [0.3, 0.4) is 0 Å². The van der Waals surface area contributed by atoms with Gasteiger partial charge >= 0.3 is 17.4 Å². The zero-order chi connectivity index (χ0) is 17.6. The van der Waals surface area contributed by atoms with Crippen molar-refractivity contribution in [2.24, 2.45) is 0 Å². The summed E-state index contributed by atoms with van der Waals surface area (Å²) in [6.45, 7) is 3.28. The van der Waals surface area contributed by atoms with Crippen molar-refractivity contribution in [3.63, 3.8) is 0 Å². The molecule has 0 bridgehead atoms. The number of hydrogen-bond acceptors (Lipinski definition) is 9. The number of carboxylic acid groups (broad SMARTS) is 3. The van der Waals surface area contributed by atoms with E-state index in [0.717, 1.165) is 20.8 Å². The zero-order valence-corrected chi connectivity index (χ0v) is 12.9. The zero-order valence-electron chi connectivity index (χ0n) is 11.8. The van der Waals surface area contributed by atoms with Crippen LogP contribution in [0, 0.1) is 0 Å². The summed E-state index contributed by atoms with van der Waals surface area (Å²) in [4.78, 5) is 57.3. The summed E-state index contributed by atoms with van der Waals surface area (Å²) in [5.41, 5.74) is 0. The monoisotopic (exact) mass is 333 g/mol. The summed E-state index contributed by atoms with van der Waals surface area (Å²) in [5.74, 6) is -1.87. The second-order valence-electron chi connectivity index (χ2n) is 2.91. The quantitative estimate of drug-likeness (QED) is 0.362. The largest absolute Gasteiger partial charge is 3.00 e. The van der Waals surface area contributed by atoms with Crippen LogP contribution in [0.1, 0.15) is 20.8 Å². The van der Waals surface area contributed by atoms with Crippen LogP contribution in [0.4, 0.5) is 14.4 Å². The van der Waals surface area contributed by atoms with Crippen molar-refractivity contribution in [3.8, 4) is 0 Å². The van der Waals surface area contributed by atoms with Crippen molar-refractivity contribution in [2.45, 2.75) is 20.8 Å². The van der Waals surface area contributed by atoms with E-state index in [2.05, 4.69) is 0 Å². The van der Waals surface area contributed by atoms with Crippen LogP contribution in [0.25, 0.3) is 0 Å². The van der Waals surface area contributed by atoms with E-state index < -0.39 is 36.0 Å². The van der Waals surface area contributed by atoms with E-state index >= 15 is 0 Å². The number of imide groups is 3. The third kappa shape index (κ3) is 53.0. The smallest absolute Gasteiger partial charge is 0.530 e. The minimum absolute atomic E-state index is 0. The molecule has 22 heavy (non-hydrogen) atoms. The first-order valence-electron chi connectivity index (χ1n) is 4.84. The molecule has 0 atom stereocenters. The summed E-state index contributed by atoms with van der Waals surface area (Å²) < 4.78 is 0. The number of carbonyl (C=O) groups excluding carboxylic acids is 6. The Morgan fingerprint density at radius 2 is 0.682 bits per heavy atom. The molecule has 0 saturated carbocycles. The van der Waals surface area contributed by atoms with Gasteiger partial charge in [0.15, 0.2) is 0 Å². The molecule has 0 aromatic carbocycles. The van der Waals surface area contributed by atoms with Crippen molar-refractivity contribution >= 4 is 53.4 Å². The first kappa shape index (κ1) is 27.7. The molecule has 3 N–H and O–H groups in total. The molecule has 0 aliphatic rings. The maximum Gasteiger partial charge on any atom is 3.00 e. The molecule has 13 heteroatoms. The maximum atomic E-state index is 9.72.